The molecule has 1 N–H and O–H groups in total. The van der Waals surface area contributed by atoms with Crippen molar-refractivity contribution >= 4 is 0 Å². The first-order chi connectivity index (χ1) is 8.28. The maximum Gasteiger partial charge on any atom is 0.219 e. The highest BCUT2D eigenvalue weighted by Crippen LogP contribution is 2.20. The van der Waals surface area contributed by atoms with Gasteiger partial charge in [0.1, 0.15) is 11.6 Å². The number of ether oxygens (including phenoxy) is 1. The van der Waals surface area contributed by atoms with E-state index < -0.39 is 0 Å². The van der Waals surface area contributed by atoms with Gasteiger partial charge in [-0.2, -0.15) is 0 Å². The van der Waals surface area contributed by atoms with Gasteiger partial charge >= 0.3 is 0 Å². The average molecular weight is 232 g/mol. The van der Waals surface area contributed by atoms with Gasteiger partial charge in [-0.25, -0.2) is 9.37 Å². The summed E-state index contributed by atoms with van der Waals surface area (Å²) in [5.41, 5.74) is 1.12. The van der Waals surface area contributed by atoms with Crippen LogP contribution in [-0.2, 0) is 6.54 Å². The Balaban J connectivity index is 2.12. The van der Waals surface area contributed by atoms with E-state index in [4.69, 9.17) is 4.74 Å². The van der Waals surface area contributed by atoms with E-state index in [-0.39, 0.29) is 5.82 Å². The van der Waals surface area contributed by atoms with Crippen molar-refractivity contribution in [1.82, 2.24) is 10.3 Å². The molecule has 0 spiro atoms. The van der Waals surface area contributed by atoms with Crippen LogP contribution in [-0.4, -0.2) is 12.0 Å². The Kier molecular flexibility index (Phi) is 3.67. The smallest absolute Gasteiger partial charge is 0.219 e. The largest absolute Gasteiger partial charge is 0.439 e. The molecule has 0 unspecified atom stereocenters. The molecule has 0 bridgehead atoms. The fourth-order valence-corrected chi connectivity index (χ4v) is 1.47. The Morgan fingerprint density at radius 1 is 1.29 bits per heavy atom. The number of nitrogens with one attached hydrogen (secondary N) is 1. The van der Waals surface area contributed by atoms with Crippen molar-refractivity contribution in [3.63, 3.8) is 0 Å². The molecule has 0 aliphatic heterocycles. The molecule has 1 aromatic heterocycles. The van der Waals surface area contributed by atoms with E-state index in [1.807, 2.05) is 31.3 Å². The maximum absolute atomic E-state index is 12.7. The van der Waals surface area contributed by atoms with Crippen LogP contribution in [0.4, 0.5) is 4.39 Å². The molecule has 0 saturated carbocycles. The average Bonchev–Trinajstić information content (AvgIpc) is 2.33. The number of benzene rings is 1. The van der Waals surface area contributed by atoms with E-state index in [1.54, 1.807) is 0 Å². The molecular formula is C13H13FN2O. The minimum atomic E-state index is -0.374. The second-order valence-electron chi connectivity index (χ2n) is 3.59. The summed E-state index contributed by atoms with van der Waals surface area (Å²) < 4.78 is 18.2. The van der Waals surface area contributed by atoms with Crippen LogP contribution in [0.2, 0.25) is 0 Å². The van der Waals surface area contributed by atoms with Crippen LogP contribution in [0.15, 0.2) is 42.6 Å². The molecule has 3 nitrogen and oxygen atoms in total. The van der Waals surface area contributed by atoms with Gasteiger partial charge in [0.05, 0.1) is 6.20 Å². The van der Waals surface area contributed by atoms with Crippen LogP contribution in [0.25, 0.3) is 0 Å². The summed E-state index contributed by atoms with van der Waals surface area (Å²) in [4.78, 5) is 3.84. The van der Waals surface area contributed by atoms with Crippen molar-refractivity contribution in [3.05, 3.63) is 54.0 Å². The van der Waals surface area contributed by atoms with Gasteiger partial charge < -0.3 is 10.1 Å². The van der Waals surface area contributed by atoms with Gasteiger partial charge in [-0.05, 0) is 30.8 Å². The van der Waals surface area contributed by atoms with E-state index in [9.17, 15) is 4.39 Å². The van der Waals surface area contributed by atoms with Crippen LogP contribution < -0.4 is 10.1 Å². The third-order valence-corrected chi connectivity index (χ3v) is 2.20. The number of pyridine rings is 1. The monoisotopic (exact) mass is 232 g/mol. The molecule has 2 rings (SSSR count). The Labute approximate surface area is 99.3 Å². The number of halogens is 1. The Bertz CT molecular complexity index is 485. The minimum Gasteiger partial charge on any atom is -0.439 e. The third kappa shape index (κ3) is 3.26. The lowest BCUT2D eigenvalue weighted by Gasteiger charge is -2.06. The molecule has 2 aromatic rings. The highest BCUT2D eigenvalue weighted by molar-refractivity contribution is 5.31. The molecule has 0 amide bonds. The fourth-order valence-electron chi connectivity index (χ4n) is 1.47. The first-order valence-electron chi connectivity index (χ1n) is 5.31. The SMILES string of the molecule is CNCc1cccc(Oc2ccc(F)cn2)c1. The number of hydrogen-bond donors (Lipinski definition) is 1. The number of rotatable bonds is 4. The standard InChI is InChI=1S/C13H13FN2O/c1-15-8-10-3-2-4-12(7-10)17-13-6-5-11(14)9-16-13/h2-7,9,15H,8H2,1H3. The van der Waals surface area contributed by atoms with Crippen LogP contribution in [0, 0.1) is 5.82 Å². The van der Waals surface area contributed by atoms with Crippen molar-refractivity contribution < 1.29 is 9.13 Å². The zero-order valence-electron chi connectivity index (χ0n) is 9.48. The summed E-state index contributed by atoms with van der Waals surface area (Å²) in [6.07, 6.45) is 1.13. The second kappa shape index (κ2) is 5.41. The molecule has 17 heavy (non-hydrogen) atoms. The van der Waals surface area contributed by atoms with Crippen LogP contribution in [0.1, 0.15) is 5.56 Å². The summed E-state index contributed by atoms with van der Waals surface area (Å²) in [6, 6.07) is 10.5. The van der Waals surface area contributed by atoms with Crippen molar-refractivity contribution in [1.29, 1.82) is 0 Å². The highest BCUT2D eigenvalue weighted by Gasteiger charge is 2.00. The van der Waals surface area contributed by atoms with Crippen molar-refractivity contribution in [2.24, 2.45) is 0 Å². The Hall–Kier alpha value is -1.94. The fraction of sp³-hybridized carbons (Fsp3) is 0.154. The molecule has 0 atom stereocenters. The number of hydrogen-bond acceptors (Lipinski definition) is 3. The molecule has 0 saturated heterocycles. The molecular weight excluding hydrogens is 219 g/mol. The second-order valence-corrected chi connectivity index (χ2v) is 3.59. The summed E-state index contributed by atoms with van der Waals surface area (Å²) in [7, 11) is 1.88. The van der Waals surface area contributed by atoms with Gasteiger partial charge in [-0.3, -0.25) is 0 Å². The summed E-state index contributed by atoms with van der Waals surface area (Å²) in [5.74, 6) is 0.700. The van der Waals surface area contributed by atoms with Crippen LogP contribution >= 0.6 is 0 Å². The van der Waals surface area contributed by atoms with Crippen LogP contribution in [0.3, 0.4) is 0 Å². The zero-order chi connectivity index (χ0) is 12.1. The maximum atomic E-state index is 12.7. The molecule has 1 heterocycles. The molecule has 0 radical (unpaired) electrons. The molecule has 1 aromatic carbocycles. The first-order valence-corrected chi connectivity index (χ1v) is 5.31. The van der Waals surface area contributed by atoms with Gasteiger partial charge in [-0.15, -0.1) is 0 Å². The molecule has 0 aliphatic rings. The minimum absolute atomic E-state index is 0.374. The van der Waals surface area contributed by atoms with Crippen molar-refractivity contribution in [3.8, 4) is 11.6 Å². The third-order valence-electron chi connectivity index (χ3n) is 2.20. The van der Waals surface area contributed by atoms with Gasteiger partial charge in [0.25, 0.3) is 0 Å². The van der Waals surface area contributed by atoms with Crippen molar-refractivity contribution in [2.75, 3.05) is 7.05 Å². The van der Waals surface area contributed by atoms with E-state index in [1.165, 1.54) is 12.1 Å². The lowest BCUT2D eigenvalue weighted by molar-refractivity contribution is 0.458. The zero-order valence-corrected chi connectivity index (χ0v) is 9.48. The van der Waals surface area contributed by atoms with Gasteiger partial charge in [-0.1, -0.05) is 12.1 Å². The summed E-state index contributed by atoms with van der Waals surface area (Å²) in [5, 5.41) is 3.06. The predicted molar refractivity (Wildman–Crippen MR) is 63.5 cm³/mol. The summed E-state index contributed by atoms with van der Waals surface area (Å²) >= 11 is 0. The normalized spacial score (nSPS) is 10.2. The van der Waals surface area contributed by atoms with Gasteiger partial charge in [0, 0.05) is 12.6 Å². The number of aromatic nitrogens is 1. The van der Waals surface area contributed by atoms with Crippen molar-refractivity contribution in [2.45, 2.75) is 6.54 Å². The van der Waals surface area contributed by atoms with Crippen LogP contribution in [0.5, 0.6) is 11.6 Å². The quantitative estimate of drug-likeness (QED) is 0.880. The predicted octanol–water partition coefficient (Wildman–Crippen LogP) is 2.73. The topological polar surface area (TPSA) is 34.1 Å². The van der Waals surface area contributed by atoms with E-state index in [2.05, 4.69) is 10.3 Å². The first kappa shape index (κ1) is 11.5. The van der Waals surface area contributed by atoms with Gasteiger partial charge in [0.2, 0.25) is 5.88 Å². The van der Waals surface area contributed by atoms with E-state index in [0.717, 1.165) is 18.3 Å². The highest BCUT2D eigenvalue weighted by atomic mass is 19.1. The number of nitrogens with zero attached hydrogens (tertiary/aromatic N) is 1. The molecule has 0 fully saturated rings. The Morgan fingerprint density at radius 2 is 2.18 bits per heavy atom. The Morgan fingerprint density at radius 3 is 2.88 bits per heavy atom. The van der Waals surface area contributed by atoms with Gasteiger partial charge in [0.15, 0.2) is 0 Å². The lowest BCUT2D eigenvalue weighted by Crippen LogP contribution is -2.04. The molecule has 0 aliphatic carbocycles. The lowest BCUT2D eigenvalue weighted by atomic mass is 10.2. The molecule has 4 heteroatoms. The summed E-state index contributed by atoms with van der Waals surface area (Å²) in [6.45, 7) is 0.772. The van der Waals surface area contributed by atoms with E-state index in [0.29, 0.717) is 11.6 Å². The van der Waals surface area contributed by atoms with E-state index >= 15 is 0 Å². The molecule has 88 valence electrons.